The molecule has 9 aromatic rings. The monoisotopic (exact) mass is 589 g/mol. The predicted octanol–water partition coefficient (Wildman–Crippen LogP) is 10.7. The summed E-state index contributed by atoms with van der Waals surface area (Å²) < 4.78 is 9.13. The zero-order valence-electron chi connectivity index (χ0n) is 22.0. The van der Waals surface area contributed by atoms with E-state index in [9.17, 15) is 0 Å². The van der Waals surface area contributed by atoms with Crippen LogP contribution in [0.3, 0.4) is 0 Å². The molecule has 0 atom stereocenters. The molecule has 0 amide bonds. The topological polar surface area (TPSA) is 16.4 Å². The molecule has 0 saturated carbocycles. The molecule has 2 nitrogen and oxygen atoms in total. The number of furan rings is 1. The van der Waals surface area contributed by atoms with E-state index in [1.54, 1.807) is 0 Å². The van der Waals surface area contributed by atoms with E-state index in [0.717, 1.165) is 39.0 Å². The summed E-state index contributed by atoms with van der Waals surface area (Å²) in [6.45, 7) is 0. The Bertz CT molecular complexity index is 2430. The Morgan fingerprint density at radius 2 is 1.10 bits per heavy atom. The predicted molar refractivity (Wildman–Crippen MR) is 175 cm³/mol. The second-order valence-corrected chi connectivity index (χ2v) is 12.8. The SMILES string of the molecule is c1ccc(N(c2ccc3oc4ccccc4c3c2)c2ccc3ccc4ccc5c6ccccc6[se]c5c4c3c2)cc1. The number of nitrogens with zero attached hydrogens (tertiary/aromatic N) is 1. The molecule has 41 heavy (non-hydrogen) atoms. The fourth-order valence-electron chi connectivity index (χ4n) is 6.32. The molecule has 2 aromatic heterocycles. The van der Waals surface area contributed by atoms with Crippen LogP contribution in [0.5, 0.6) is 0 Å². The minimum atomic E-state index is 0.280. The first-order valence-corrected chi connectivity index (χ1v) is 15.6. The standard InChI is InChI=1S/C38H23NOSe/c1-2-8-26(9-3-1)39(28-19-21-35-33(23-28)29-10-4-6-12-34(29)40-35)27-18-16-24-14-15-25-17-20-31-30-11-5-7-13-36(30)41-38(31)37(25)32(24)22-27/h1-23H. The van der Waals surface area contributed by atoms with Crippen molar-refractivity contribution in [2.45, 2.75) is 0 Å². The van der Waals surface area contributed by atoms with Gasteiger partial charge in [-0.3, -0.25) is 0 Å². The van der Waals surface area contributed by atoms with Crippen LogP contribution >= 0.6 is 0 Å². The molecule has 7 aromatic carbocycles. The van der Waals surface area contributed by atoms with E-state index < -0.39 is 0 Å². The first-order chi connectivity index (χ1) is 20.3. The number of fused-ring (bicyclic) bond motifs is 10. The van der Waals surface area contributed by atoms with Crippen molar-refractivity contribution in [1.82, 2.24) is 0 Å². The van der Waals surface area contributed by atoms with Crippen LogP contribution in [-0.4, -0.2) is 14.5 Å². The summed E-state index contributed by atoms with van der Waals surface area (Å²) in [5.74, 6) is 0. The Balaban J connectivity index is 1.33. The van der Waals surface area contributed by atoms with Gasteiger partial charge in [-0.05, 0) is 0 Å². The van der Waals surface area contributed by atoms with Crippen molar-refractivity contribution in [1.29, 1.82) is 0 Å². The van der Waals surface area contributed by atoms with Gasteiger partial charge in [0, 0.05) is 0 Å². The molecule has 0 saturated heterocycles. The van der Waals surface area contributed by atoms with E-state index in [2.05, 4.69) is 132 Å². The second kappa shape index (κ2) is 8.84. The van der Waals surface area contributed by atoms with Gasteiger partial charge in [0.15, 0.2) is 0 Å². The third-order valence-corrected chi connectivity index (χ3v) is 10.7. The second-order valence-electron chi connectivity index (χ2n) is 10.6. The minimum absolute atomic E-state index is 0.280. The molecule has 3 heteroatoms. The molecule has 0 unspecified atom stereocenters. The summed E-state index contributed by atoms with van der Waals surface area (Å²) in [5.41, 5.74) is 5.20. The van der Waals surface area contributed by atoms with Crippen LogP contribution in [0.1, 0.15) is 0 Å². The van der Waals surface area contributed by atoms with Crippen molar-refractivity contribution >= 4 is 94.3 Å². The van der Waals surface area contributed by atoms with Gasteiger partial charge in [-0.1, -0.05) is 6.07 Å². The molecule has 2 heterocycles. The summed E-state index contributed by atoms with van der Waals surface area (Å²) in [4.78, 5) is 2.36. The van der Waals surface area contributed by atoms with E-state index in [-0.39, 0.29) is 14.5 Å². The first kappa shape index (κ1) is 22.9. The van der Waals surface area contributed by atoms with Crippen LogP contribution in [-0.2, 0) is 0 Å². The maximum absolute atomic E-state index is 6.16. The van der Waals surface area contributed by atoms with Gasteiger partial charge in [-0.2, -0.15) is 0 Å². The van der Waals surface area contributed by atoms with E-state index in [4.69, 9.17) is 4.42 Å². The van der Waals surface area contributed by atoms with Gasteiger partial charge in [0.1, 0.15) is 0 Å². The number of hydrogen-bond donors (Lipinski definition) is 0. The van der Waals surface area contributed by atoms with Crippen molar-refractivity contribution in [3.63, 3.8) is 0 Å². The molecular weight excluding hydrogens is 565 g/mol. The molecule has 0 bridgehead atoms. The van der Waals surface area contributed by atoms with Crippen LogP contribution in [0.2, 0.25) is 0 Å². The molecule has 0 fully saturated rings. The Kier molecular flexibility index (Phi) is 4.95. The summed E-state index contributed by atoms with van der Waals surface area (Å²) >= 11 is 0.280. The van der Waals surface area contributed by atoms with Crippen molar-refractivity contribution in [2.75, 3.05) is 4.90 Å². The van der Waals surface area contributed by atoms with Gasteiger partial charge in [-0.15, -0.1) is 0 Å². The molecule has 0 aliphatic rings. The molecule has 0 radical (unpaired) electrons. The molecule has 192 valence electrons. The van der Waals surface area contributed by atoms with Gasteiger partial charge in [0.05, 0.1) is 0 Å². The molecule has 0 aliphatic heterocycles. The average Bonchev–Trinajstić information content (AvgIpc) is 3.60. The quantitative estimate of drug-likeness (QED) is 0.151. The third-order valence-electron chi connectivity index (χ3n) is 8.22. The zero-order chi connectivity index (χ0) is 26.9. The van der Waals surface area contributed by atoms with E-state index in [1.807, 2.05) is 12.1 Å². The molecule has 0 aliphatic carbocycles. The number of rotatable bonds is 3. The van der Waals surface area contributed by atoms with Crippen molar-refractivity contribution in [3.8, 4) is 0 Å². The Labute approximate surface area is 242 Å². The molecule has 0 N–H and O–H groups in total. The Morgan fingerprint density at radius 1 is 0.439 bits per heavy atom. The van der Waals surface area contributed by atoms with Gasteiger partial charge in [0.25, 0.3) is 0 Å². The molecule has 0 spiro atoms. The maximum atomic E-state index is 6.16. The van der Waals surface area contributed by atoms with Crippen LogP contribution in [0.25, 0.3) is 62.8 Å². The Hall–Kier alpha value is -4.82. The van der Waals surface area contributed by atoms with Crippen molar-refractivity contribution < 1.29 is 4.42 Å². The Morgan fingerprint density at radius 3 is 2.00 bits per heavy atom. The number of anilines is 3. The summed E-state index contributed by atoms with van der Waals surface area (Å²) in [5, 5.41) is 10.3. The van der Waals surface area contributed by atoms with Crippen LogP contribution in [0, 0.1) is 0 Å². The first-order valence-electron chi connectivity index (χ1n) is 13.9. The summed E-state index contributed by atoms with van der Waals surface area (Å²) in [6, 6.07) is 50.5. The molecule has 9 rings (SSSR count). The van der Waals surface area contributed by atoms with Crippen LogP contribution in [0.4, 0.5) is 17.1 Å². The van der Waals surface area contributed by atoms with Gasteiger partial charge < -0.3 is 0 Å². The number of para-hydroxylation sites is 2. The van der Waals surface area contributed by atoms with Gasteiger partial charge >= 0.3 is 237 Å². The van der Waals surface area contributed by atoms with Crippen molar-refractivity contribution in [2.24, 2.45) is 0 Å². The number of benzene rings is 7. The molecular formula is C38H23NOSe. The van der Waals surface area contributed by atoms with Crippen molar-refractivity contribution in [3.05, 3.63) is 140 Å². The summed E-state index contributed by atoms with van der Waals surface area (Å²) in [7, 11) is 0. The van der Waals surface area contributed by atoms with Gasteiger partial charge in [0.2, 0.25) is 0 Å². The van der Waals surface area contributed by atoms with Gasteiger partial charge in [-0.25, -0.2) is 0 Å². The van der Waals surface area contributed by atoms with Crippen LogP contribution in [0.15, 0.2) is 144 Å². The zero-order valence-corrected chi connectivity index (χ0v) is 23.8. The van der Waals surface area contributed by atoms with Crippen LogP contribution < -0.4 is 4.90 Å². The number of hydrogen-bond acceptors (Lipinski definition) is 2. The van der Waals surface area contributed by atoms with E-state index in [1.165, 1.54) is 40.8 Å². The fourth-order valence-corrected chi connectivity index (χ4v) is 8.99. The average molecular weight is 589 g/mol. The summed E-state index contributed by atoms with van der Waals surface area (Å²) in [6.07, 6.45) is 0. The normalized spacial score (nSPS) is 11.9. The third kappa shape index (κ3) is 3.50. The van der Waals surface area contributed by atoms with E-state index in [0.29, 0.717) is 0 Å². The fraction of sp³-hybridized carbons (Fsp3) is 0. The van der Waals surface area contributed by atoms with E-state index >= 15 is 0 Å².